The highest BCUT2D eigenvalue weighted by atomic mass is 19.1. The largest absolute Gasteiger partial charge is 0.454 e. The van der Waals surface area contributed by atoms with Crippen molar-refractivity contribution < 1.29 is 13.9 Å². The molecule has 0 saturated heterocycles. The van der Waals surface area contributed by atoms with Crippen molar-refractivity contribution in [3.8, 4) is 0 Å². The van der Waals surface area contributed by atoms with Gasteiger partial charge in [-0.2, -0.15) is 15.0 Å². The van der Waals surface area contributed by atoms with Crippen LogP contribution in [0, 0.1) is 5.82 Å². The van der Waals surface area contributed by atoms with Gasteiger partial charge in [0, 0.05) is 14.1 Å². The van der Waals surface area contributed by atoms with E-state index in [9.17, 15) is 9.18 Å². The van der Waals surface area contributed by atoms with E-state index in [1.54, 1.807) is 25.1 Å². The molecule has 0 bridgehead atoms. The number of ether oxygens (including phenoxy) is 1. The minimum Gasteiger partial charge on any atom is -0.454 e. The van der Waals surface area contributed by atoms with E-state index < -0.39 is 11.8 Å². The number of esters is 1. The number of anilines is 2. The third-order valence-electron chi connectivity index (χ3n) is 2.51. The van der Waals surface area contributed by atoms with Crippen LogP contribution in [0.4, 0.5) is 16.3 Å². The summed E-state index contributed by atoms with van der Waals surface area (Å²) in [5.41, 5.74) is 5.40. The molecule has 1 aromatic carbocycles. The van der Waals surface area contributed by atoms with Gasteiger partial charge in [0.25, 0.3) is 0 Å². The smallest absolute Gasteiger partial charge is 0.341 e. The van der Waals surface area contributed by atoms with Crippen molar-refractivity contribution >= 4 is 17.9 Å². The van der Waals surface area contributed by atoms with Gasteiger partial charge in [0.2, 0.25) is 11.9 Å². The van der Waals surface area contributed by atoms with Gasteiger partial charge in [-0.05, 0) is 12.1 Å². The minimum atomic E-state index is -0.793. The molecule has 0 atom stereocenters. The zero-order chi connectivity index (χ0) is 15.4. The molecule has 2 N–H and O–H groups in total. The predicted octanol–water partition coefficient (Wildman–Crippen LogP) is 1.02. The van der Waals surface area contributed by atoms with Crippen molar-refractivity contribution in [2.45, 2.75) is 6.61 Å². The van der Waals surface area contributed by atoms with Crippen LogP contribution in [0.1, 0.15) is 16.2 Å². The molecule has 0 fully saturated rings. The van der Waals surface area contributed by atoms with Crippen molar-refractivity contribution in [2.24, 2.45) is 0 Å². The van der Waals surface area contributed by atoms with Crippen LogP contribution in [-0.4, -0.2) is 35.0 Å². The molecular formula is C13H14FN5O2. The SMILES string of the molecule is CN(C)c1nc(N)nc(COC(=O)c2ccccc2F)n1. The van der Waals surface area contributed by atoms with E-state index in [1.165, 1.54) is 18.2 Å². The Labute approximate surface area is 120 Å². The summed E-state index contributed by atoms with van der Waals surface area (Å²) in [5, 5.41) is 0. The quantitative estimate of drug-likeness (QED) is 0.840. The lowest BCUT2D eigenvalue weighted by atomic mass is 10.2. The molecule has 2 aromatic rings. The Morgan fingerprint density at radius 1 is 1.29 bits per heavy atom. The lowest BCUT2D eigenvalue weighted by Crippen LogP contribution is -2.17. The van der Waals surface area contributed by atoms with Crippen molar-refractivity contribution in [1.82, 2.24) is 15.0 Å². The number of nitrogen functional groups attached to an aromatic ring is 1. The Morgan fingerprint density at radius 3 is 2.67 bits per heavy atom. The molecule has 21 heavy (non-hydrogen) atoms. The van der Waals surface area contributed by atoms with Crippen LogP contribution in [0.15, 0.2) is 24.3 Å². The molecule has 0 saturated carbocycles. The van der Waals surface area contributed by atoms with Gasteiger partial charge in [-0.15, -0.1) is 0 Å². The summed E-state index contributed by atoms with van der Waals surface area (Å²) in [4.78, 5) is 25.3. The van der Waals surface area contributed by atoms with Crippen molar-refractivity contribution in [2.75, 3.05) is 24.7 Å². The second-order valence-electron chi connectivity index (χ2n) is 4.36. The second-order valence-corrected chi connectivity index (χ2v) is 4.36. The van der Waals surface area contributed by atoms with Crippen LogP contribution in [0.3, 0.4) is 0 Å². The van der Waals surface area contributed by atoms with E-state index in [-0.39, 0.29) is 23.9 Å². The van der Waals surface area contributed by atoms with E-state index in [1.807, 2.05) is 0 Å². The van der Waals surface area contributed by atoms with Crippen LogP contribution in [0.5, 0.6) is 0 Å². The molecule has 0 amide bonds. The molecule has 0 unspecified atom stereocenters. The number of nitrogens with zero attached hydrogens (tertiary/aromatic N) is 4. The van der Waals surface area contributed by atoms with Crippen LogP contribution < -0.4 is 10.6 Å². The predicted molar refractivity (Wildman–Crippen MR) is 74.1 cm³/mol. The van der Waals surface area contributed by atoms with E-state index in [4.69, 9.17) is 10.5 Å². The van der Waals surface area contributed by atoms with Gasteiger partial charge in [0.1, 0.15) is 5.82 Å². The maximum atomic E-state index is 13.4. The summed E-state index contributed by atoms with van der Waals surface area (Å²) in [5.74, 6) is -0.883. The summed E-state index contributed by atoms with van der Waals surface area (Å²) in [7, 11) is 3.48. The lowest BCUT2D eigenvalue weighted by Gasteiger charge is -2.11. The molecule has 1 heterocycles. The first-order chi connectivity index (χ1) is 9.97. The second kappa shape index (κ2) is 6.12. The maximum absolute atomic E-state index is 13.4. The summed E-state index contributed by atoms with van der Waals surface area (Å²) >= 11 is 0. The topological polar surface area (TPSA) is 94.2 Å². The number of halogens is 1. The number of rotatable bonds is 4. The summed E-state index contributed by atoms with van der Waals surface area (Å²) < 4.78 is 18.4. The van der Waals surface area contributed by atoms with Gasteiger partial charge >= 0.3 is 5.97 Å². The van der Waals surface area contributed by atoms with Gasteiger partial charge in [-0.3, -0.25) is 0 Å². The standard InChI is InChI=1S/C13H14FN5O2/c1-19(2)13-17-10(16-12(15)18-13)7-21-11(20)8-5-3-4-6-9(8)14/h3-6H,7H2,1-2H3,(H2,15,16,17,18). The first kappa shape index (κ1) is 14.6. The van der Waals surface area contributed by atoms with E-state index in [0.717, 1.165) is 0 Å². The summed E-state index contributed by atoms with van der Waals surface area (Å²) in [6.45, 7) is -0.222. The van der Waals surface area contributed by atoms with Gasteiger partial charge < -0.3 is 15.4 Å². The zero-order valence-corrected chi connectivity index (χ0v) is 11.6. The van der Waals surface area contributed by atoms with Crippen molar-refractivity contribution in [3.63, 3.8) is 0 Å². The Hall–Kier alpha value is -2.77. The monoisotopic (exact) mass is 291 g/mol. The lowest BCUT2D eigenvalue weighted by molar-refractivity contribution is 0.0457. The Kier molecular flexibility index (Phi) is 4.27. The van der Waals surface area contributed by atoms with Crippen LogP contribution in [0.25, 0.3) is 0 Å². The first-order valence-electron chi connectivity index (χ1n) is 6.07. The van der Waals surface area contributed by atoms with Crippen molar-refractivity contribution in [3.05, 3.63) is 41.5 Å². The molecule has 2 rings (SSSR count). The highest BCUT2D eigenvalue weighted by molar-refractivity contribution is 5.89. The number of nitrogens with two attached hydrogens (primary N) is 1. The fourth-order valence-corrected chi connectivity index (χ4v) is 1.52. The summed E-state index contributed by atoms with van der Waals surface area (Å²) in [6.07, 6.45) is 0. The maximum Gasteiger partial charge on any atom is 0.341 e. The fraction of sp³-hybridized carbons (Fsp3) is 0.231. The molecule has 1 aromatic heterocycles. The highest BCUT2D eigenvalue weighted by Gasteiger charge is 2.14. The van der Waals surface area contributed by atoms with Crippen molar-refractivity contribution in [1.29, 1.82) is 0 Å². The molecule has 110 valence electrons. The van der Waals surface area contributed by atoms with E-state index in [2.05, 4.69) is 15.0 Å². The first-order valence-corrected chi connectivity index (χ1v) is 6.07. The fourth-order valence-electron chi connectivity index (χ4n) is 1.52. The number of carbonyl (C=O) groups excluding carboxylic acids is 1. The molecule has 0 spiro atoms. The molecule has 7 nitrogen and oxygen atoms in total. The third kappa shape index (κ3) is 3.62. The number of hydrogen-bond donors (Lipinski definition) is 1. The Balaban J connectivity index is 2.10. The number of carbonyl (C=O) groups is 1. The zero-order valence-electron chi connectivity index (χ0n) is 11.6. The molecule has 0 radical (unpaired) electrons. The molecular weight excluding hydrogens is 277 g/mol. The Bertz CT molecular complexity index is 663. The minimum absolute atomic E-state index is 0.0191. The summed E-state index contributed by atoms with van der Waals surface area (Å²) in [6, 6.07) is 5.55. The van der Waals surface area contributed by atoms with E-state index >= 15 is 0 Å². The van der Waals surface area contributed by atoms with Crippen LogP contribution >= 0.6 is 0 Å². The van der Waals surface area contributed by atoms with Crippen LogP contribution in [0.2, 0.25) is 0 Å². The normalized spacial score (nSPS) is 10.2. The average Bonchev–Trinajstić information content (AvgIpc) is 2.44. The molecule has 0 aliphatic heterocycles. The number of aromatic nitrogens is 3. The van der Waals surface area contributed by atoms with Gasteiger partial charge in [-0.25, -0.2) is 9.18 Å². The number of hydrogen-bond acceptors (Lipinski definition) is 7. The molecule has 0 aliphatic carbocycles. The molecule has 8 heteroatoms. The number of benzene rings is 1. The van der Waals surface area contributed by atoms with E-state index in [0.29, 0.717) is 5.95 Å². The third-order valence-corrected chi connectivity index (χ3v) is 2.51. The van der Waals surface area contributed by atoms with Gasteiger partial charge in [0.15, 0.2) is 12.4 Å². The Morgan fingerprint density at radius 2 is 2.00 bits per heavy atom. The molecule has 0 aliphatic rings. The van der Waals surface area contributed by atoms with Gasteiger partial charge in [0.05, 0.1) is 5.56 Å². The van der Waals surface area contributed by atoms with Crippen LogP contribution in [-0.2, 0) is 11.3 Å². The average molecular weight is 291 g/mol. The van der Waals surface area contributed by atoms with Gasteiger partial charge in [-0.1, -0.05) is 12.1 Å². The highest BCUT2D eigenvalue weighted by Crippen LogP contribution is 2.10.